The Labute approximate surface area is 212 Å². The molecule has 1 heteroatoms. The highest BCUT2D eigenvalue weighted by molar-refractivity contribution is 5.55. The molecule has 1 unspecified atom stereocenters. The third-order valence-corrected chi connectivity index (χ3v) is 4.66. The van der Waals surface area contributed by atoms with Gasteiger partial charge in [0.05, 0.1) is 0 Å². The maximum Gasteiger partial charge on any atom is 0.0245 e. The summed E-state index contributed by atoms with van der Waals surface area (Å²) in [6.45, 7) is 32.6. The van der Waals surface area contributed by atoms with E-state index in [-0.39, 0.29) is 7.43 Å². The summed E-state index contributed by atoms with van der Waals surface area (Å²) in [7, 11) is 0. The molecule has 2 rings (SSSR count). The molecule has 196 valence electrons. The molecule has 0 aromatic carbocycles. The minimum atomic E-state index is 0. The number of rotatable bonds is 5. The number of hydrogen-bond donors (Lipinski definition) is 0. The highest BCUT2D eigenvalue weighted by atomic mass is 15.2. The first-order valence-corrected chi connectivity index (χ1v) is 13.5. The van der Waals surface area contributed by atoms with E-state index in [1.54, 1.807) is 0 Å². The van der Waals surface area contributed by atoms with Crippen LogP contribution in [0.4, 0.5) is 0 Å². The van der Waals surface area contributed by atoms with Crippen LogP contribution in [0.3, 0.4) is 0 Å². The Kier molecular flexibility index (Phi) is 41.1. The van der Waals surface area contributed by atoms with Crippen molar-refractivity contribution in [2.75, 3.05) is 13.1 Å². The van der Waals surface area contributed by atoms with Crippen LogP contribution < -0.4 is 0 Å². The lowest BCUT2D eigenvalue weighted by molar-refractivity contribution is 0.260. The van der Waals surface area contributed by atoms with Gasteiger partial charge in [0, 0.05) is 12.6 Å². The minimum absolute atomic E-state index is 0. The average molecular weight is 462 g/mol. The van der Waals surface area contributed by atoms with Gasteiger partial charge in [0.25, 0.3) is 0 Å². The zero-order chi connectivity index (χ0) is 25.9. The van der Waals surface area contributed by atoms with Crippen molar-refractivity contribution < 1.29 is 0 Å². The maximum absolute atomic E-state index is 3.90. The van der Waals surface area contributed by atoms with Crippen molar-refractivity contribution in [2.45, 2.75) is 123 Å². The molecule has 1 saturated heterocycles. The Hall–Kier alpha value is -1.60. The second-order valence-corrected chi connectivity index (χ2v) is 6.03. The highest BCUT2D eigenvalue weighted by Gasteiger charge is 2.32. The first-order chi connectivity index (χ1) is 15.7. The van der Waals surface area contributed by atoms with Crippen molar-refractivity contribution in [2.24, 2.45) is 0 Å². The van der Waals surface area contributed by atoms with E-state index < -0.39 is 0 Å². The second-order valence-electron chi connectivity index (χ2n) is 6.03. The van der Waals surface area contributed by atoms with Crippen LogP contribution >= 0.6 is 0 Å². The molecule has 0 aromatic rings. The molecule has 0 N–H and O–H groups in total. The summed E-state index contributed by atoms with van der Waals surface area (Å²) in [5.41, 5.74) is 5.68. The first-order valence-electron chi connectivity index (χ1n) is 13.5. The van der Waals surface area contributed by atoms with Crippen LogP contribution in [-0.4, -0.2) is 24.0 Å². The van der Waals surface area contributed by atoms with E-state index in [4.69, 9.17) is 0 Å². The third-order valence-electron chi connectivity index (χ3n) is 4.66. The summed E-state index contributed by atoms with van der Waals surface area (Å²) in [6, 6.07) is 0.723. The smallest absolute Gasteiger partial charge is 0.0245 e. The fraction of sp³-hybridized carbons (Fsp3) is 0.625. The molecule has 0 aliphatic carbocycles. The van der Waals surface area contributed by atoms with Crippen molar-refractivity contribution >= 4 is 0 Å². The average Bonchev–Trinajstić information content (AvgIpc) is 3.35. The number of fused-ring (bicyclic) bond motifs is 1. The minimum Gasteiger partial charge on any atom is -0.296 e. The monoisotopic (exact) mass is 461 g/mol. The Bertz CT molecular complexity index is 555. The molecule has 0 spiro atoms. The summed E-state index contributed by atoms with van der Waals surface area (Å²) in [5, 5.41) is 0. The molecule has 0 amide bonds. The fourth-order valence-electron chi connectivity index (χ4n) is 3.66. The normalized spacial score (nSPS) is 17.3. The van der Waals surface area contributed by atoms with Gasteiger partial charge < -0.3 is 0 Å². The molecule has 0 saturated carbocycles. The van der Waals surface area contributed by atoms with Gasteiger partial charge in [0.15, 0.2) is 0 Å². The van der Waals surface area contributed by atoms with E-state index in [2.05, 4.69) is 68.7 Å². The predicted molar refractivity (Wildman–Crippen MR) is 161 cm³/mol. The molecule has 0 aromatic heterocycles. The largest absolute Gasteiger partial charge is 0.296 e. The van der Waals surface area contributed by atoms with Crippen molar-refractivity contribution in [1.82, 2.24) is 4.90 Å². The lowest BCUT2D eigenvalue weighted by atomic mass is 9.85. The number of nitrogens with zero attached hydrogens (tertiary/aromatic N) is 1. The van der Waals surface area contributed by atoms with E-state index in [1.165, 1.54) is 41.7 Å². The number of allylic oxidation sites excluding steroid dienone is 8. The van der Waals surface area contributed by atoms with Crippen molar-refractivity contribution in [3.05, 3.63) is 71.4 Å². The van der Waals surface area contributed by atoms with Gasteiger partial charge in [-0.15, -0.1) is 0 Å². The Morgan fingerprint density at radius 2 is 1.27 bits per heavy atom. The molecule has 1 nitrogen and oxygen atoms in total. The molecule has 1 fully saturated rings. The summed E-state index contributed by atoms with van der Waals surface area (Å²) in [5.74, 6) is 0. The third kappa shape index (κ3) is 15.8. The van der Waals surface area contributed by atoms with Gasteiger partial charge >= 0.3 is 0 Å². The van der Waals surface area contributed by atoms with Crippen molar-refractivity contribution in [1.29, 1.82) is 0 Å². The van der Waals surface area contributed by atoms with Crippen LogP contribution in [0.25, 0.3) is 0 Å². The second kappa shape index (κ2) is 32.6. The van der Waals surface area contributed by atoms with Crippen LogP contribution in [0.5, 0.6) is 0 Å². The molecule has 2 aliphatic rings. The summed E-state index contributed by atoms with van der Waals surface area (Å²) >= 11 is 0. The highest BCUT2D eigenvalue weighted by Crippen LogP contribution is 2.37. The molecule has 1 atom stereocenters. The summed E-state index contributed by atoms with van der Waals surface area (Å²) in [6.07, 6.45) is 18.9. The van der Waals surface area contributed by atoms with Gasteiger partial charge in [-0.2, -0.15) is 0 Å². The van der Waals surface area contributed by atoms with Crippen LogP contribution in [-0.2, 0) is 0 Å². The molecule has 0 bridgehead atoms. The van der Waals surface area contributed by atoms with Crippen LogP contribution in [0.2, 0.25) is 0 Å². The maximum atomic E-state index is 3.90. The van der Waals surface area contributed by atoms with Crippen molar-refractivity contribution in [3.8, 4) is 0 Å². The lowest BCUT2D eigenvalue weighted by Crippen LogP contribution is -2.36. The molecular weight excluding hydrogens is 398 g/mol. The molecule has 2 aliphatic heterocycles. The Morgan fingerprint density at radius 3 is 1.70 bits per heavy atom. The quantitative estimate of drug-likeness (QED) is 0.368. The van der Waals surface area contributed by atoms with Gasteiger partial charge in [-0.05, 0) is 68.9 Å². The van der Waals surface area contributed by atoms with Gasteiger partial charge in [-0.25, -0.2) is 0 Å². The van der Waals surface area contributed by atoms with Gasteiger partial charge in [-0.1, -0.05) is 126 Å². The zero-order valence-corrected chi connectivity index (χ0v) is 24.3. The van der Waals surface area contributed by atoms with Gasteiger partial charge in [0.2, 0.25) is 0 Å². The Morgan fingerprint density at radius 1 is 0.788 bits per heavy atom. The van der Waals surface area contributed by atoms with Gasteiger partial charge in [-0.3, -0.25) is 4.90 Å². The fourth-order valence-corrected chi connectivity index (χ4v) is 3.66. The van der Waals surface area contributed by atoms with E-state index in [9.17, 15) is 0 Å². The van der Waals surface area contributed by atoms with Gasteiger partial charge in [0.1, 0.15) is 0 Å². The topological polar surface area (TPSA) is 3.24 Å². The van der Waals surface area contributed by atoms with Crippen LogP contribution in [0, 0.1) is 0 Å². The summed E-state index contributed by atoms with van der Waals surface area (Å²) < 4.78 is 0. The van der Waals surface area contributed by atoms with E-state index >= 15 is 0 Å². The standard InChI is InChI=1S/C21H29N.5C2H6.CH4/c1-5-10-17(8-4)21-16-22-14-9-13-19(22)15-20(21)18(11-6-2)12-7-3;5*1-2;/h5-8,10-12,19H,2,9,13-16H2,1,3-4H3;5*1-2H3;1H4/b10-5-,12-7-,17-8+,18-11+;;;;;;. The van der Waals surface area contributed by atoms with E-state index in [0.29, 0.717) is 0 Å². The SMILES string of the molecule is C.C=C/C=C(\C=C/C)C1=C(C(\C=C/C)=C\C)/CN2CCCC2C\1.CC.CC.CC.CC.CC. The van der Waals surface area contributed by atoms with Crippen LogP contribution in [0.15, 0.2) is 71.4 Å². The van der Waals surface area contributed by atoms with E-state index in [0.717, 1.165) is 19.0 Å². The zero-order valence-electron chi connectivity index (χ0n) is 24.3. The summed E-state index contributed by atoms with van der Waals surface area (Å²) in [4.78, 5) is 2.66. The lowest BCUT2D eigenvalue weighted by Gasteiger charge is -2.34. The molecule has 33 heavy (non-hydrogen) atoms. The first kappa shape index (κ1) is 41.6. The predicted octanol–water partition coefficient (Wildman–Crippen LogP) is 11.1. The Balaban J connectivity index is -0.000000210. The molecular formula is C32H63N. The molecule has 0 radical (unpaired) electrons. The van der Waals surface area contributed by atoms with Crippen molar-refractivity contribution in [3.63, 3.8) is 0 Å². The molecule has 2 heterocycles. The van der Waals surface area contributed by atoms with E-state index in [1.807, 2.05) is 75.3 Å². The van der Waals surface area contributed by atoms with Crippen LogP contribution in [0.1, 0.15) is 117 Å². The number of hydrogen-bond acceptors (Lipinski definition) is 1.